The highest BCUT2D eigenvalue weighted by molar-refractivity contribution is 9.10. The number of hydrogen-bond donors (Lipinski definition) is 1. The molecule has 4 rings (SSSR count). The van der Waals surface area contributed by atoms with E-state index in [4.69, 9.17) is 9.47 Å². The molecule has 0 atom stereocenters. The lowest BCUT2D eigenvalue weighted by Gasteiger charge is -2.27. The van der Waals surface area contributed by atoms with Gasteiger partial charge < -0.3 is 19.5 Å². The van der Waals surface area contributed by atoms with Gasteiger partial charge in [0.15, 0.2) is 11.5 Å². The molecular formula is C26H25BrN2O7S. The summed E-state index contributed by atoms with van der Waals surface area (Å²) in [5.41, 5.74) is 1.43. The standard InChI is InChI=1S/C26H25BrN2O7S/c1-35-20-12-17(11-19(27)23(20)36-15-16-6-5-7-18(10-16)25(32)33)13-21-24(31)29(26(34)37-21)14-22(30)28-8-3-2-4-9-28/h5-7,10-13H,2-4,8-9,14-15H2,1H3,(H,32,33)/b21-13-. The number of carboxylic acids is 1. The van der Waals surface area contributed by atoms with Crippen LogP contribution in [0.4, 0.5) is 4.79 Å². The van der Waals surface area contributed by atoms with Crippen molar-refractivity contribution in [3.05, 3.63) is 62.5 Å². The SMILES string of the molecule is COc1cc(/C=C2\SC(=O)N(CC(=O)N3CCCCC3)C2=O)cc(Br)c1OCc1cccc(C(=O)O)c1. The first-order valence-corrected chi connectivity index (χ1v) is 13.2. The Kier molecular flexibility index (Phi) is 8.55. The quantitative estimate of drug-likeness (QED) is 0.438. The Morgan fingerprint density at radius 2 is 1.89 bits per heavy atom. The van der Waals surface area contributed by atoms with Gasteiger partial charge in [0.1, 0.15) is 13.2 Å². The van der Waals surface area contributed by atoms with Gasteiger partial charge in [0.25, 0.3) is 11.1 Å². The fourth-order valence-electron chi connectivity index (χ4n) is 4.08. The molecule has 0 radical (unpaired) electrons. The highest BCUT2D eigenvalue weighted by Gasteiger charge is 2.37. The van der Waals surface area contributed by atoms with Crippen LogP contribution in [-0.4, -0.2) is 64.7 Å². The molecular weight excluding hydrogens is 564 g/mol. The highest BCUT2D eigenvalue weighted by atomic mass is 79.9. The zero-order chi connectivity index (χ0) is 26.5. The van der Waals surface area contributed by atoms with Crippen molar-refractivity contribution >= 4 is 56.8 Å². The number of hydrogen-bond acceptors (Lipinski definition) is 7. The van der Waals surface area contributed by atoms with Crippen molar-refractivity contribution in [3.63, 3.8) is 0 Å². The molecule has 0 unspecified atom stereocenters. The average Bonchev–Trinajstić information content (AvgIpc) is 3.15. The monoisotopic (exact) mass is 588 g/mol. The molecule has 2 heterocycles. The lowest BCUT2D eigenvalue weighted by atomic mass is 10.1. The summed E-state index contributed by atoms with van der Waals surface area (Å²) in [4.78, 5) is 52.1. The molecule has 37 heavy (non-hydrogen) atoms. The van der Waals surface area contributed by atoms with Gasteiger partial charge in [0.2, 0.25) is 5.91 Å². The fourth-order valence-corrected chi connectivity index (χ4v) is 5.49. The molecule has 2 aromatic rings. The molecule has 11 heteroatoms. The van der Waals surface area contributed by atoms with Crippen LogP contribution in [0, 0.1) is 0 Å². The van der Waals surface area contributed by atoms with Gasteiger partial charge in [-0.15, -0.1) is 0 Å². The van der Waals surface area contributed by atoms with E-state index < -0.39 is 17.1 Å². The minimum Gasteiger partial charge on any atom is -0.493 e. The highest BCUT2D eigenvalue weighted by Crippen LogP contribution is 2.39. The summed E-state index contributed by atoms with van der Waals surface area (Å²) < 4.78 is 11.9. The number of carboxylic acid groups (broad SMARTS) is 1. The second-order valence-corrected chi connectivity index (χ2v) is 10.4. The number of amides is 3. The number of carbonyl (C=O) groups excluding carboxylic acids is 3. The largest absolute Gasteiger partial charge is 0.493 e. The number of ether oxygens (including phenoxy) is 2. The van der Waals surface area contributed by atoms with Crippen LogP contribution in [0.5, 0.6) is 11.5 Å². The Morgan fingerprint density at radius 1 is 1.14 bits per heavy atom. The van der Waals surface area contributed by atoms with E-state index in [1.807, 2.05) is 0 Å². The number of imide groups is 1. The van der Waals surface area contributed by atoms with Crippen molar-refractivity contribution in [1.82, 2.24) is 9.80 Å². The van der Waals surface area contributed by atoms with E-state index in [9.17, 15) is 24.3 Å². The topological polar surface area (TPSA) is 113 Å². The number of halogens is 1. The van der Waals surface area contributed by atoms with Crippen LogP contribution in [0.15, 0.2) is 45.8 Å². The second-order valence-electron chi connectivity index (χ2n) is 8.54. The molecule has 3 amide bonds. The van der Waals surface area contributed by atoms with Crippen LogP contribution >= 0.6 is 27.7 Å². The van der Waals surface area contributed by atoms with Crippen LogP contribution in [0.25, 0.3) is 6.08 Å². The van der Waals surface area contributed by atoms with Gasteiger partial charge in [-0.05, 0) is 88.4 Å². The molecule has 2 fully saturated rings. The number of nitrogens with zero attached hydrogens (tertiary/aromatic N) is 2. The Morgan fingerprint density at radius 3 is 2.59 bits per heavy atom. The number of methoxy groups -OCH3 is 1. The van der Waals surface area contributed by atoms with Gasteiger partial charge in [0, 0.05) is 13.1 Å². The minimum absolute atomic E-state index is 0.110. The predicted molar refractivity (Wildman–Crippen MR) is 142 cm³/mol. The summed E-state index contributed by atoms with van der Waals surface area (Å²) in [6.45, 7) is 1.15. The molecule has 2 aromatic carbocycles. The van der Waals surface area contributed by atoms with E-state index in [1.165, 1.54) is 19.2 Å². The Hall–Kier alpha value is -3.31. The molecule has 2 aliphatic rings. The van der Waals surface area contributed by atoms with Gasteiger partial charge >= 0.3 is 5.97 Å². The summed E-state index contributed by atoms with van der Waals surface area (Å²) in [6, 6.07) is 9.82. The van der Waals surface area contributed by atoms with Crippen molar-refractivity contribution in [3.8, 4) is 11.5 Å². The molecule has 0 bridgehead atoms. The predicted octanol–water partition coefficient (Wildman–Crippen LogP) is 4.78. The number of rotatable bonds is 8. The number of piperidine rings is 1. The van der Waals surface area contributed by atoms with Crippen LogP contribution in [-0.2, 0) is 16.2 Å². The summed E-state index contributed by atoms with van der Waals surface area (Å²) in [5.74, 6) is -0.961. The first kappa shape index (κ1) is 26.7. The summed E-state index contributed by atoms with van der Waals surface area (Å²) >= 11 is 4.26. The zero-order valence-electron chi connectivity index (χ0n) is 20.1. The molecule has 0 saturated carbocycles. The summed E-state index contributed by atoms with van der Waals surface area (Å²) in [5, 5.41) is 8.70. The zero-order valence-corrected chi connectivity index (χ0v) is 22.5. The van der Waals surface area contributed by atoms with Crippen molar-refractivity contribution in [2.75, 3.05) is 26.7 Å². The van der Waals surface area contributed by atoms with Gasteiger partial charge in [0.05, 0.1) is 22.1 Å². The van der Waals surface area contributed by atoms with Gasteiger partial charge in [-0.3, -0.25) is 19.3 Å². The Labute approximate surface area is 226 Å². The summed E-state index contributed by atoms with van der Waals surface area (Å²) in [7, 11) is 1.48. The lowest BCUT2D eigenvalue weighted by Crippen LogP contribution is -2.44. The number of aromatic carboxylic acids is 1. The number of benzene rings is 2. The van der Waals surface area contributed by atoms with Crippen molar-refractivity contribution in [2.45, 2.75) is 25.9 Å². The van der Waals surface area contributed by atoms with Gasteiger partial charge in [-0.2, -0.15) is 0 Å². The third-order valence-corrected chi connectivity index (χ3v) is 7.48. The van der Waals surface area contributed by atoms with E-state index in [0.29, 0.717) is 40.2 Å². The molecule has 2 aliphatic heterocycles. The van der Waals surface area contributed by atoms with Crippen LogP contribution in [0.2, 0.25) is 0 Å². The number of thioether (sulfide) groups is 1. The molecule has 1 N–H and O–H groups in total. The van der Waals surface area contributed by atoms with Crippen molar-refractivity contribution < 1.29 is 33.8 Å². The van der Waals surface area contributed by atoms with E-state index in [2.05, 4.69) is 15.9 Å². The molecule has 0 aromatic heterocycles. The normalized spacial score (nSPS) is 16.9. The molecule has 2 saturated heterocycles. The minimum atomic E-state index is -1.02. The van der Waals surface area contributed by atoms with Crippen molar-refractivity contribution in [2.24, 2.45) is 0 Å². The van der Waals surface area contributed by atoms with Crippen LogP contribution in [0.3, 0.4) is 0 Å². The van der Waals surface area contributed by atoms with Crippen LogP contribution in [0.1, 0.15) is 40.7 Å². The van der Waals surface area contributed by atoms with Crippen molar-refractivity contribution in [1.29, 1.82) is 0 Å². The lowest BCUT2D eigenvalue weighted by molar-refractivity contribution is -0.136. The van der Waals surface area contributed by atoms with E-state index in [-0.39, 0.29) is 29.5 Å². The third-order valence-electron chi connectivity index (χ3n) is 5.98. The number of likely N-dealkylation sites (tertiary alicyclic amines) is 1. The first-order chi connectivity index (χ1) is 17.8. The average molecular weight is 589 g/mol. The number of carbonyl (C=O) groups is 4. The maximum Gasteiger partial charge on any atom is 0.335 e. The molecule has 9 nitrogen and oxygen atoms in total. The fraction of sp³-hybridized carbons (Fsp3) is 0.308. The Bertz CT molecular complexity index is 1270. The van der Waals surface area contributed by atoms with Gasteiger partial charge in [-0.25, -0.2) is 4.79 Å². The third kappa shape index (κ3) is 6.34. The molecule has 0 spiro atoms. The maximum absolute atomic E-state index is 12.9. The Balaban J connectivity index is 1.48. The molecule has 0 aliphatic carbocycles. The van der Waals surface area contributed by atoms with E-state index >= 15 is 0 Å². The summed E-state index contributed by atoms with van der Waals surface area (Å²) in [6.07, 6.45) is 4.51. The molecule has 194 valence electrons. The van der Waals surface area contributed by atoms with E-state index in [0.717, 1.165) is 35.9 Å². The van der Waals surface area contributed by atoms with E-state index in [1.54, 1.807) is 35.2 Å². The first-order valence-electron chi connectivity index (χ1n) is 11.6. The smallest absolute Gasteiger partial charge is 0.335 e. The van der Waals surface area contributed by atoms with Crippen LogP contribution < -0.4 is 9.47 Å². The second kappa shape index (κ2) is 11.8. The maximum atomic E-state index is 12.9. The van der Waals surface area contributed by atoms with Gasteiger partial charge in [-0.1, -0.05) is 12.1 Å².